The van der Waals surface area contributed by atoms with Crippen LogP contribution in [0, 0.1) is 6.92 Å². The largest absolute Gasteiger partial charge is 0.480 e. The van der Waals surface area contributed by atoms with Gasteiger partial charge in [-0.3, -0.25) is 4.79 Å². The SMILES string of the molecule is COC(=O)c1ccc(S(=O)(=O)N2CCCCC2C(=O)O)c(C)c1. The lowest BCUT2D eigenvalue weighted by Crippen LogP contribution is -2.47. The highest BCUT2D eigenvalue weighted by atomic mass is 32.2. The summed E-state index contributed by atoms with van der Waals surface area (Å²) in [6, 6.07) is 3.07. The summed E-state index contributed by atoms with van der Waals surface area (Å²) in [5.41, 5.74) is 0.625. The van der Waals surface area contributed by atoms with Crippen LogP contribution in [0.5, 0.6) is 0 Å². The number of sulfonamides is 1. The number of hydrogen-bond acceptors (Lipinski definition) is 5. The van der Waals surface area contributed by atoms with Gasteiger partial charge < -0.3 is 9.84 Å². The number of carboxylic acid groups (broad SMARTS) is 1. The molecule has 1 aliphatic rings. The van der Waals surface area contributed by atoms with E-state index in [9.17, 15) is 23.1 Å². The first-order valence-corrected chi connectivity index (χ1v) is 8.66. The number of methoxy groups -OCH3 is 1. The topological polar surface area (TPSA) is 101 Å². The van der Waals surface area contributed by atoms with E-state index in [1.807, 2.05) is 0 Å². The van der Waals surface area contributed by atoms with Crippen molar-refractivity contribution in [1.82, 2.24) is 4.31 Å². The van der Waals surface area contributed by atoms with Gasteiger partial charge in [0.1, 0.15) is 6.04 Å². The molecule has 1 aromatic carbocycles. The van der Waals surface area contributed by atoms with E-state index < -0.39 is 28.0 Å². The number of carbonyl (C=O) groups excluding carboxylic acids is 1. The summed E-state index contributed by atoms with van der Waals surface area (Å²) < 4.78 is 31.3. The second kappa shape index (κ2) is 6.67. The van der Waals surface area contributed by atoms with Crippen LogP contribution in [0.15, 0.2) is 23.1 Å². The molecule has 0 radical (unpaired) electrons. The van der Waals surface area contributed by atoms with Gasteiger partial charge in [-0.1, -0.05) is 0 Å². The zero-order valence-electron chi connectivity index (χ0n) is 13.0. The highest BCUT2D eigenvalue weighted by Crippen LogP contribution is 2.28. The van der Waals surface area contributed by atoms with E-state index in [2.05, 4.69) is 4.74 Å². The Morgan fingerprint density at radius 3 is 2.57 bits per heavy atom. The van der Waals surface area contributed by atoms with Crippen molar-refractivity contribution in [1.29, 1.82) is 0 Å². The molecular formula is C15H19NO6S. The van der Waals surface area contributed by atoms with Crippen LogP contribution in [-0.2, 0) is 19.6 Å². The number of ether oxygens (including phenoxy) is 1. The summed E-state index contributed by atoms with van der Waals surface area (Å²) in [6.45, 7) is 1.75. The third-order valence-electron chi connectivity index (χ3n) is 3.92. The number of nitrogens with zero attached hydrogens (tertiary/aromatic N) is 1. The third-order valence-corrected chi connectivity index (χ3v) is 5.99. The van der Waals surface area contributed by atoms with Crippen LogP contribution in [0.3, 0.4) is 0 Å². The molecule has 8 heteroatoms. The first kappa shape index (κ1) is 17.4. The van der Waals surface area contributed by atoms with E-state index in [4.69, 9.17) is 0 Å². The predicted molar refractivity (Wildman–Crippen MR) is 81.7 cm³/mol. The molecule has 1 unspecified atom stereocenters. The van der Waals surface area contributed by atoms with Gasteiger partial charge in [-0.25, -0.2) is 13.2 Å². The van der Waals surface area contributed by atoms with Crippen LogP contribution < -0.4 is 0 Å². The van der Waals surface area contributed by atoms with Crippen molar-refractivity contribution < 1.29 is 27.9 Å². The quantitative estimate of drug-likeness (QED) is 0.831. The van der Waals surface area contributed by atoms with Gasteiger partial charge in [-0.05, 0) is 49.9 Å². The molecule has 1 saturated heterocycles. The highest BCUT2D eigenvalue weighted by molar-refractivity contribution is 7.89. The molecule has 7 nitrogen and oxygen atoms in total. The maximum Gasteiger partial charge on any atom is 0.337 e. The fourth-order valence-electron chi connectivity index (χ4n) is 2.75. The lowest BCUT2D eigenvalue weighted by atomic mass is 10.1. The summed E-state index contributed by atoms with van der Waals surface area (Å²) in [7, 11) is -2.69. The Bertz CT molecular complexity index is 727. The van der Waals surface area contributed by atoms with E-state index >= 15 is 0 Å². The number of aliphatic carboxylic acids is 1. The Hall–Kier alpha value is -1.93. The van der Waals surface area contributed by atoms with Crippen molar-refractivity contribution in [3.05, 3.63) is 29.3 Å². The molecule has 0 amide bonds. The number of rotatable bonds is 4. The van der Waals surface area contributed by atoms with Crippen LogP contribution in [0.1, 0.15) is 35.2 Å². The monoisotopic (exact) mass is 341 g/mol. The average Bonchev–Trinajstić information content (AvgIpc) is 2.53. The standard InChI is InChI=1S/C15H19NO6S/c1-10-9-11(15(19)22-2)6-7-13(10)23(20,21)16-8-4-3-5-12(16)14(17)18/h6-7,9,12H,3-5,8H2,1-2H3,(H,17,18). The average molecular weight is 341 g/mol. The molecule has 1 heterocycles. The molecular weight excluding hydrogens is 322 g/mol. The lowest BCUT2D eigenvalue weighted by molar-refractivity contribution is -0.142. The lowest BCUT2D eigenvalue weighted by Gasteiger charge is -2.32. The Balaban J connectivity index is 2.43. The smallest absolute Gasteiger partial charge is 0.337 e. The normalized spacial score (nSPS) is 19.3. The number of aryl methyl sites for hydroxylation is 1. The van der Waals surface area contributed by atoms with Crippen LogP contribution >= 0.6 is 0 Å². The van der Waals surface area contributed by atoms with Crippen molar-refractivity contribution in [2.24, 2.45) is 0 Å². The number of benzene rings is 1. The maximum atomic E-state index is 12.8. The number of hydrogen-bond donors (Lipinski definition) is 1. The van der Waals surface area contributed by atoms with E-state index in [-0.39, 0.29) is 17.0 Å². The van der Waals surface area contributed by atoms with Crippen LogP contribution in [0.2, 0.25) is 0 Å². The Morgan fingerprint density at radius 2 is 2.00 bits per heavy atom. The molecule has 0 spiro atoms. The molecule has 0 aliphatic carbocycles. The van der Waals surface area contributed by atoms with E-state index in [0.717, 1.165) is 4.31 Å². The molecule has 1 aliphatic heterocycles. The summed E-state index contributed by atoms with van der Waals surface area (Å²) in [5.74, 6) is -1.70. The molecule has 2 rings (SSSR count). The van der Waals surface area contributed by atoms with Crippen LogP contribution in [-0.4, -0.2) is 49.5 Å². The van der Waals surface area contributed by atoms with Crippen LogP contribution in [0.25, 0.3) is 0 Å². The molecule has 126 valence electrons. The zero-order valence-corrected chi connectivity index (χ0v) is 13.8. The summed E-state index contributed by atoms with van der Waals surface area (Å²) >= 11 is 0. The van der Waals surface area contributed by atoms with Gasteiger partial charge in [0.2, 0.25) is 10.0 Å². The first-order valence-electron chi connectivity index (χ1n) is 7.22. The minimum absolute atomic E-state index is 0.0123. The Kier molecular flexibility index (Phi) is 5.06. The van der Waals surface area contributed by atoms with Crippen molar-refractivity contribution in [2.45, 2.75) is 37.1 Å². The van der Waals surface area contributed by atoms with Gasteiger partial charge in [0.05, 0.1) is 17.6 Å². The van der Waals surface area contributed by atoms with Crippen molar-refractivity contribution in [3.63, 3.8) is 0 Å². The fraction of sp³-hybridized carbons (Fsp3) is 0.467. The molecule has 0 saturated carbocycles. The molecule has 1 atom stereocenters. The second-order valence-corrected chi connectivity index (χ2v) is 7.30. The van der Waals surface area contributed by atoms with Gasteiger partial charge in [0, 0.05) is 6.54 Å². The minimum atomic E-state index is -3.94. The Morgan fingerprint density at radius 1 is 1.30 bits per heavy atom. The molecule has 1 N–H and O–H groups in total. The van der Waals surface area contributed by atoms with Crippen molar-refractivity contribution in [2.75, 3.05) is 13.7 Å². The summed E-state index contributed by atoms with van der Waals surface area (Å²) in [4.78, 5) is 22.9. The van der Waals surface area contributed by atoms with Crippen molar-refractivity contribution >= 4 is 22.0 Å². The third kappa shape index (κ3) is 3.37. The number of esters is 1. The highest BCUT2D eigenvalue weighted by Gasteiger charge is 2.38. The summed E-state index contributed by atoms with van der Waals surface area (Å²) in [6.07, 6.45) is 1.61. The van der Waals surface area contributed by atoms with E-state index in [1.165, 1.54) is 25.3 Å². The van der Waals surface area contributed by atoms with Crippen LogP contribution in [0.4, 0.5) is 0 Å². The van der Waals surface area contributed by atoms with E-state index in [1.54, 1.807) is 6.92 Å². The predicted octanol–water partition coefficient (Wildman–Crippen LogP) is 1.41. The maximum absolute atomic E-state index is 12.8. The fourth-order valence-corrected chi connectivity index (χ4v) is 4.61. The van der Waals surface area contributed by atoms with Crippen molar-refractivity contribution in [3.8, 4) is 0 Å². The summed E-state index contributed by atoms with van der Waals surface area (Å²) in [5, 5.41) is 9.27. The van der Waals surface area contributed by atoms with Gasteiger partial charge in [-0.2, -0.15) is 4.31 Å². The molecule has 0 bridgehead atoms. The minimum Gasteiger partial charge on any atom is -0.480 e. The first-order chi connectivity index (χ1) is 10.8. The van der Waals surface area contributed by atoms with Gasteiger partial charge in [0.25, 0.3) is 0 Å². The second-order valence-electron chi connectivity index (χ2n) is 5.44. The molecule has 1 aromatic rings. The Labute approximate surface area is 134 Å². The molecule has 0 aromatic heterocycles. The molecule has 1 fully saturated rings. The van der Waals surface area contributed by atoms with E-state index in [0.29, 0.717) is 24.8 Å². The number of carboxylic acids is 1. The zero-order chi connectivity index (χ0) is 17.2. The van der Waals surface area contributed by atoms with Gasteiger partial charge >= 0.3 is 11.9 Å². The number of carbonyl (C=O) groups is 2. The number of piperidine rings is 1. The molecule has 23 heavy (non-hydrogen) atoms. The van der Waals surface area contributed by atoms with Gasteiger partial charge in [0.15, 0.2) is 0 Å². The van der Waals surface area contributed by atoms with Gasteiger partial charge in [-0.15, -0.1) is 0 Å².